The largest absolute Gasteiger partial charge is 0.303 e. The molecule has 0 amide bonds. The minimum atomic E-state index is 0.435. The summed E-state index contributed by atoms with van der Waals surface area (Å²) >= 11 is 0. The smallest absolute Gasteiger partial charge is 0.00379 e. The summed E-state index contributed by atoms with van der Waals surface area (Å²) in [5.74, 6) is 0.777. The third kappa shape index (κ3) is 3.29. The molecule has 2 atom stereocenters. The molecule has 18 heavy (non-hydrogen) atoms. The fraction of sp³-hybridized carbons (Fsp3) is 1.00. The third-order valence-electron chi connectivity index (χ3n) is 5.53. The van der Waals surface area contributed by atoms with E-state index in [1.54, 1.807) is 0 Å². The van der Waals surface area contributed by atoms with Gasteiger partial charge in [0.25, 0.3) is 0 Å². The maximum absolute atomic E-state index is 2.52. The molecule has 0 aliphatic heterocycles. The molecule has 0 N–H and O–H groups in total. The standard InChI is InChI=1S/C17H35N/c1-13(2)18(9)12-17(8)11-15(4,5)10-16(6,7)14(17)3/h13-14H,10-12H2,1-9H3. The fourth-order valence-corrected chi connectivity index (χ4v) is 4.58. The van der Waals surface area contributed by atoms with Gasteiger partial charge in [0.15, 0.2) is 0 Å². The molecule has 1 fully saturated rings. The Bertz CT molecular complexity index is 290. The quantitative estimate of drug-likeness (QED) is 0.697. The SMILES string of the molecule is CC(C)N(C)CC1(C)CC(C)(C)CC(C)(C)C1C. The van der Waals surface area contributed by atoms with Crippen LogP contribution in [0.4, 0.5) is 0 Å². The molecule has 1 rings (SSSR count). The van der Waals surface area contributed by atoms with Crippen molar-refractivity contribution in [1.82, 2.24) is 4.90 Å². The first-order chi connectivity index (χ1) is 7.90. The zero-order chi connectivity index (χ0) is 14.4. The Hall–Kier alpha value is -0.0400. The van der Waals surface area contributed by atoms with Gasteiger partial charge in [-0.2, -0.15) is 0 Å². The number of hydrogen-bond acceptors (Lipinski definition) is 1. The van der Waals surface area contributed by atoms with Gasteiger partial charge in [-0.05, 0) is 55.9 Å². The summed E-state index contributed by atoms with van der Waals surface area (Å²) in [7, 11) is 2.28. The summed E-state index contributed by atoms with van der Waals surface area (Å²) in [6.45, 7) is 20.6. The Morgan fingerprint density at radius 3 is 2.00 bits per heavy atom. The molecular weight excluding hydrogens is 218 g/mol. The highest BCUT2D eigenvalue weighted by Gasteiger charge is 2.50. The van der Waals surface area contributed by atoms with Crippen molar-refractivity contribution >= 4 is 0 Å². The molecule has 0 saturated heterocycles. The van der Waals surface area contributed by atoms with Crippen molar-refractivity contribution in [3.63, 3.8) is 0 Å². The maximum Gasteiger partial charge on any atom is 0.00379 e. The van der Waals surface area contributed by atoms with Crippen LogP contribution in [0.3, 0.4) is 0 Å². The van der Waals surface area contributed by atoms with Crippen molar-refractivity contribution in [3.05, 3.63) is 0 Å². The second-order valence-electron chi connectivity index (χ2n) is 8.89. The van der Waals surface area contributed by atoms with Gasteiger partial charge in [-0.3, -0.25) is 0 Å². The Morgan fingerprint density at radius 1 is 1.06 bits per heavy atom. The molecule has 2 unspecified atom stereocenters. The van der Waals surface area contributed by atoms with Gasteiger partial charge in [0.2, 0.25) is 0 Å². The van der Waals surface area contributed by atoms with E-state index in [9.17, 15) is 0 Å². The summed E-state index contributed by atoms with van der Waals surface area (Å²) in [4.78, 5) is 2.52. The van der Waals surface area contributed by atoms with Crippen molar-refractivity contribution < 1.29 is 0 Å². The van der Waals surface area contributed by atoms with Crippen LogP contribution < -0.4 is 0 Å². The minimum Gasteiger partial charge on any atom is -0.303 e. The Balaban J connectivity index is 2.96. The molecule has 1 aliphatic carbocycles. The van der Waals surface area contributed by atoms with Crippen LogP contribution in [0, 0.1) is 22.2 Å². The van der Waals surface area contributed by atoms with Gasteiger partial charge in [-0.25, -0.2) is 0 Å². The maximum atomic E-state index is 2.52. The second kappa shape index (κ2) is 4.81. The zero-order valence-corrected chi connectivity index (χ0v) is 14.2. The number of hydrogen-bond donors (Lipinski definition) is 0. The van der Waals surface area contributed by atoms with Gasteiger partial charge in [-0.1, -0.05) is 41.5 Å². The molecule has 0 radical (unpaired) electrons. The van der Waals surface area contributed by atoms with Gasteiger partial charge >= 0.3 is 0 Å². The van der Waals surface area contributed by atoms with E-state index in [-0.39, 0.29) is 0 Å². The molecule has 1 heteroatoms. The van der Waals surface area contributed by atoms with Gasteiger partial charge in [-0.15, -0.1) is 0 Å². The first kappa shape index (κ1) is 16.0. The highest BCUT2D eigenvalue weighted by Crippen LogP contribution is 2.57. The predicted molar refractivity (Wildman–Crippen MR) is 81.8 cm³/mol. The Labute approximate surface area is 115 Å². The van der Waals surface area contributed by atoms with Crippen LogP contribution in [0.25, 0.3) is 0 Å². The average molecular weight is 253 g/mol. The van der Waals surface area contributed by atoms with Gasteiger partial charge in [0, 0.05) is 12.6 Å². The van der Waals surface area contributed by atoms with E-state index in [1.807, 2.05) is 0 Å². The molecular formula is C17H35N. The molecule has 0 heterocycles. The second-order valence-corrected chi connectivity index (χ2v) is 8.89. The summed E-state index contributed by atoms with van der Waals surface area (Å²) in [5, 5.41) is 0. The van der Waals surface area contributed by atoms with Crippen molar-refractivity contribution in [1.29, 1.82) is 0 Å². The number of rotatable bonds is 3. The topological polar surface area (TPSA) is 3.24 Å². The average Bonchev–Trinajstić information content (AvgIpc) is 2.11. The van der Waals surface area contributed by atoms with Crippen LogP contribution in [-0.2, 0) is 0 Å². The first-order valence-electron chi connectivity index (χ1n) is 7.60. The molecule has 108 valence electrons. The van der Waals surface area contributed by atoms with E-state index < -0.39 is 0 Å². The highest BCUT2D eigenvalue weighted by atomic mass is 15.1. The molecule has 0 aromatic rings. The van der Waals surface area contributed by atoms with Gasteiger partial charge < -0.3 is 4.90 Å². The lowest BCUT2D eigenvalue weighted by Gasteiger charge is -2.57. The van der Waals surface area contributed by atoms with E-state index in [4.69, 9.17) is 0 Å². The Kier molecular flexibility index (Phi) is 4.28. The lowest BCUT2D eigenvalue weighted by molar-refractivity contribution is -0.0692. The molecule has 1 nitrogen and oxygen atoms in total. The van der Waals surface area contributed by atoms with Gasteiger partial charge in [0.05, 0.1) is 0 Å². The lowest BCUT2D eigenvalue weighted by Crippen LogP contribution is -2.52. The zero-order valence-electron chi connectivity index (χ0n) is 14.2. The summed E-state index contributed by atoms with van der Waals surface area (Å²) in [5.41, 5.74) is 1.36. The lowest BCUT2D eigenvalue weighted by atomic mass is 9.50. The van der Waals surface area contributed by atoms with E-state index in [0.717, 1.165) is 5.92 Å². The summed E-state index contributed by atoms with van der Waals surface area (Å²) in [6, 6.07) is 0.641. The minimum absolute atomic E-state index is 0.435. The van der Waals surface area contributed by atoms with Crippen LogP contribution in [0.5, 0.6) is 0 Å². The van der Waals surface area contributed by atoms with Crippen molar-refractivity contribution in [2.75, 3.05) is 13.6 Å². The van der Waals surface area contributed by atoms with E-state index in [1.165, 1.54) is 19.4 Å². The van der Waals surface area contributed by atoms with Gasteiger partial charge in [0.1, 0.15) is 0 Å². The molecule has 0 aromatic carbocycles. The normalized spacial score (nSPS) is 35.2. The van der Waals surface area contributed by atoms with Crippen molar-refractivity contribution in [2.45, 2.75) is 74.3 Å². The third-order valence-corrected chi connectivity index (χ3v) is 5.53. The van der Waals surface area contributed by atoms with E-state index in [2.05, 4.69) is 67.3 Å². The van der Waals surface area contributed by atoms with Crippen molar-refractivity contribution in [3.8, 4) is 0 Å². The first-order valence-corrected chi connectivity index (χ1v) is 7.60. The number of nitrogens with zero attached hydrogens (tertiary/aromatic N) is 1. The molecule has 0 bridgehead atoms. The van der Waals surface area contributed by atoms with Crippen LogP contribution in [0.15, 0.2) is 0 Å². The van der Waals surface area contributed by atoms with Crippen molar-refractivity contribution in [2.24, 2.45) is 22.2 Å². The molecule has 0 spiro atoms. The summed E-state index contributed by atoms with van der Waals surface area (Å²) < 4.78 is 0. The molecule has 1 aliphatic rings. The predicted octanol–water partition coefficient (Wildman–Crippen LogP) is 4.82. The summed E-state index contributed by atoms with van der Waals surface area (Å²) in [6.07, 6.45) is 2.70. The van der Waals surface area contributed by atoms with Crippen LogP contribution >= 0.6 is 0 Å². The Morgan fingerprint density at radius 2 is 1.56 bits per heavy atom. The van der Waals surface area contributed by atoms with Crippen LogP contribution in [-0.4, -0.2) is 24.5 Å². The van der Waals surface area contributed by atoms with E-state index in [0.29, 0.717) is 22.3 Å². The van der Waals surface area contributed by atoms with E-state index >= 15 is 0 Å². The van der Waals surface area contributed by atoms with Crippen LogP contribution in [0.2, 0.25) is 0 Å². The molecule has 0 aromatic heterocycles. The monoisotopic (exact) mass is 253 g/mol. The van der Waals surface area contributed by atoms with Crippen LogP contribution in [0.1, 0.15) is 68.2 Å². The molecule has 1 saturated carbocycles. The highest BCUT2D eigenvalue weighted by molar-refractivity contribution is 5.00. The fourth-order valence-electron chi connectivity index (χ4n) is 4.58.